The molecule has 0 fully saturated rings. The molecule has 1 unspecified atom stereocenters. The first-order valence-corrected chi connectivity index (χ1v) is 6.91. The van der Waals surface area contributed by atoms with Crippen LogP contribution in [-0.4, -0.2) is 9.55 Å². The van der Waals surface area contributed by atoms with Crippen LogP contribution in [0.2, 0.25) is 5.15 Å². The second-order valence-corrected chi connectivity index (χ2v) is 5.38. The van der Waals surface area contributed by atoms with Crippen LogP contribution in [0.25, 0.3) is 0 Å². The number of hydrogen-bond acceptors (Lipinski definition) is 2. The van der Waals surface area contributed by atoms with Crippen molar-refractivity contribution in [3.05, 3.63) is 63.3 Å². The van der Waals surface area contributed by atoms with Gasteiger partial charge in [-0.25, -0.2) is 4.98 Å². The van der Waals surface area contributed by atoms with Crippen molar-refractivity contribution < 1.29 is 0 Å². The maximum atomic E-state index is 11.9. The number of hydrogen-bond donors (Lipinski definition) is 0. The summed E-state index contributed by atoms with van der Waals surface area (Å²) in [6.07, 6.45) is 4.98. The molecule has 0 saturated heterocycles. The zero-order chi connectivity index (χ0) is 13.2. The standard InChI is InChI=1S/C15H15ClN2O/c16-14-8-15(19)18(10-17-14)9-12-6-3-5-11-4-1-2-7-13(11)12/h1-2,4,7-8,10,12H,3,5-6,9H2. The van der Waals surface area contributed by atoms with Gasteiger partial charge in [-0.05, 0) is 30.4 Å². The summed E-state index contributed by atoms with van der Waals surface area (Å²) in [6, 6.07) is 9.88. The highest BCUT2D eigenvalue weighted by molar-refractivity contribution is 6.29. The normalized spacial score (nSPS) is 18.1. The van der Waals surface area contributed by atoms with Crippen LogP contribution in [0.5, 0.6) is 0 Å². The lowest BCUT2D eigenvalue weighted by Gasteiger charge is -2.25. The number of halogens is 1. The van der Waals surface area contributed by atoms with Crippen LogP contribution >= 0.6 is 11.6 Å². The molecule has 98 valence electrons. The zero-order valence-electron chi connectivity index (χ0n) is 10.6. The summed E-state index contributed by atoms with van der Waals surface area (Å²) in [5.74, 6) is 0.394. The lowest BCUT2D eigenvalue weighted by atomic mass is 9.83. The molecule has 1 aromatic carbocycles. The maximum absolute atomic E-state index is 11.9. The largest absolute Gasteiger partial charge is 0.299 e. The number of aryl methyl sites for hydroxylation is 1. The Morgan fingerprint density at radius 3 is 3.05 bits per heavy atom. The molecule has 2 aromatic rings. The Morgan fingerprint density at radius 2 is 2.21 bits per heavy atom. The number of aromatic nitrogens is 2. The zero-order valence-corrected chi connectivity index (χ0v) is 11.3. The lowest BCUT2D eigenvalue weighted by Crippen LogP contribution is -2.24. The molecule has 19 heavy (non-hydrogen) atoms. The lowest BCUT2D eigenvalue weighted by molar-refractivity contribution is 0.472. The summed E-state index contributed by atoms with van der Waals surface area (Å²) in [6.45, 7) is 0.681. The monoisotopic (exact) mass is 274 g/mol. The van der Waals surface area contributed by atoms with E-state index in [0.717, 1.165) is 12.8 Å². The summed E-state index contributed by atoms with van der Waals surface area (Å²) in [5.41, 5.74) is 2.70. The van der Waals surface area contributed by atoms with Gasteiger partial charge in [0.25, 0.3) is 5.56 Å². The van der Waals surface area contributed by atoms with E-state index in [9.17, 15) is 4.79 Å². The Bertz CT molecular complexity index is 651. The number of benzene rings is 1. The molecular weight excluding hydrogens is 260 g/mol. The molecule has 0 bridgehead atoms. The van der Waals surface area contributed by atoms with Gasteiger partial charge in [0.15, 0.2) is 0 Å². The molecular formula is C15H15ClN2O. The van der Waals surface area contributed by atoms with Gasteiger partial charge in [0.2, 0.25) is 0 Å². The van der Waals surface area contributed by atoms with E-state index in [4.69, 9.17) is 11.6 Å². The van der Waals surface area contributed by atoms with Crippen LogP contribution in [-0.2, 0) is 13.0 Å². The highest BCUT2D eigenvalue weighted by Gasteiger charge is 2.20. The topological polar surface area (TPSA) is 34.9 Å². The molecule has 4 heteroatoms. The highest BCUT2D eigenvalue weighted by atomic mass is 35.5. The average molecular weight is 275 g/mol. The Kier molecular flexibility index (Phi) is 3.38. The van der Waals surface area contributed by atoms with E-state index in [-0.39, 0.29) is 10.7 Å². The Hall–Kier alpha value is -1.61. The van der Waals surface area contributed by atoms with Gasteiger partial charge >= 0.3 is 0 Å². The minimum absolute atomic E-state index is 0.0805. The summed E-state index contributed by atoms with van der Waals surface area (Å²) in [7, 11) is 0. The highest BCUT2D eigenvalue weighted by Crippen LogP contribution is 2.32. The van der Waals surface area contributed by atoms with Crippen LogP contribution < -0.4 is 5.56 Å². The first-order valence-electron chi connectivity index (χ1n) is 6.54. The van der Waals surface area contributed by atoms with E-state index in [2.05, 4.69) is 29.2 Å². The molecule has 0 radical (unpaired) electrons. The number of fused-ring (bicyclic) bond motifs is 1. The number of nitrogens with zero attached hydrogens (tertiary/aromatic N) is 2. The van der Waals surface area contributed by atoms with E-state index >= 15 is 0 Å². The first kappa shape index (κ1) is 12.4. The van der Waals surface area contributed by atoms with Crippen molar-refractivity contribution in [1.29, 1.82) is 0 Å². The van der Waals surface area contributed by atoms with E-state index in [1.54, 1.807) is 10.9 Å². The third-order valence-electron chi connectivity index (χ3n) is 3.76. The molecule has 1 aliphatic rings. The number of rotatable bonds is 2. The maximum Gasteiger partial charge on any atom is 0.254 e. The van der Waals surface area contributed by atoms with Crippen molar-refractivity contribution in [2.24, 2.45) is 0 Å². The molecule has 0 N–H and O–H groups in total. The molecule has 1 heterocycles. The minimum atomic E-state index is -0.0805. The predicted octanol–water partition coefficient (Wildman–Crippen LogP) is 3.02. The van der Waals surface area contributed by atoms with Crippen LogP contribution in [0, 0.1) is 0 Å². The molecule has 0 spiro atoms. The fourth-order valence-electron chi connectivity index (χ4n) is 2.82. The van der Waals surface area contributed by atoms with Gasteiger partial charge in [0.1, 0.15) is 5.15 Å². The second kappa shape index (κ2) is 5.17. The third-order valence-corrected chi connectivity index (χ3v) is 3.96. The smallest absolute Gasteiger partial charge is 0.254 e. The van der Waals surface area contributed by atoms with Crippen molar-refractivity contribution in [3.63, 3.8) is 0 Å². The molecule has 3 nitrogen and oxygen atoms in total. The van der Waals surface area contributed by atoms with Gasteiger partial charge < -0.3 is 0 Å². The molecule has 1 atom stereocenters. The first-order chi connectivity index (χ1) is 9.24. The van der Waals surface area contributed by atoms with Crippen LogP contribution in [0.4, 0.5) is 0 Å². The fraction of sp³-hybridized carbons (Fsp3) is 0.333. The van der Waals surface area contributed by atoms with Crippen LogP contribution in [0.1, 0.15) is 29.9 Å². The van der Waals surface area contributed by atoms with Crippen LogP contribution in [0.15, 0.2) is 41.5 Å². The van der Waals surface area contributed by atoms with E-state index in [1.165, 1.54) is 23.6 Å². The van der Waals surface area contributed by atoms with Gasteiger partial charge in [-0.15, -0.1) is 0 Å². The Labute approximate surface area is 116 Å². The van der Waals surface area contributed by atoms with Gasteiger partial charge in [-0.3, -0.25) is 9.36 Å². The van der Waals surface area contributed by atoms with Gasteiger partial charge in [0.05, 0.1) is 6.33 Å². The van der Waals surface area contributed by atoms with Gasteiger partial charge in [-0.1, -0.05) is 35.9 Å². The summed E-state index contributed by atoms with van der Waals surface area (Å²) in [5, 5.41) is 0.255. The van der Waals surface area contributed by atoms with Gasteiger partial charge in [0, 0.05) is 18.5 Å². The summed E-state index contributed by atoms with van der Waals surface area (Å²) < 4.78 is 1.65. The van der Waals surface area contributed by atoms with E-state index < -0.39 is 0 Å². The summed E-state index contributed by atoms with van der Waals surface area (Å²) >= 11 is 5.72. The average Bonchev–Trinajstić information content (AvgIpc) is 2.42. The third kappa shape index (κ3) is 2.56. The Morgan fingerprint density at radius 1 is 1.37 bits per heavy atom. The van der Waals surface area contributed by atoms with Crippen molar-refractivity contribution >= 4 is 11.6 Å². The summed E-state index contributed by atoms with van der Waals surface area (Å²) in [4.78, 5) is 15.9. The molecule has 3 rings (SSSR count). The minimum Gasteiger partial charge on any atom is -0.299 e. The van der Waals surface area contributed by atoms with Crippen molar-refractivity contribution in [2.75, 3.05) is 0 Å². The van der Waals surface area contributed by atoms with E-state index in [0.29, 0.717) is 12.5 Å². The van der Waals surface area contributed by atoms with Crippen molar-refractivity contribution in [3.8, 4) is 0 Å². The van der Waals surface area contributed by atoms with Crippen LogP contribution in [0.3, 0.4) is 0 Å². The molecule has 1 aliphatic carbocycles. The van der Waals surface area contributed by atoms with Crippen molar-refractivity contribution in [1.82, 2.24) is 9.55 Å². The van der Waals surface area contributed by atoms with E-state index in [1.807, 2.05) is 0 Å². The molecule has 1 aromatic heterocycles. The van der Waals surface area contributed by atoms with Crippen molar-refractivity contribution in [2.45, 2.75) is 31.7 Å². The molecule has 0 amide bonds. The quantitative estimate of drug-likeness (QED) is 0.789. The Balaban J connectivity index is 1.90. The molecule has 0 saturated carbocycles. The SMILES string of the molecule is O=c1cc(Cl)ncn1CC1CCCc2ccccc21. The molecule has 0 aliphatic heterocycles. The fourth-order valence-corrected chi connectivity index (χ4v) is 2.96. The van der Waals surface area contributed by atoms with Gasteiger partial charge in [-0.2, -0.15) is 0 Å². The predicted molar refractivity (Wildman–Crippen MR) is 75.6 cm³/mol. The second-order valence-electron chi connectivity index (χ2n) is 4.99.